The SMILES string of the molecule is NC(=NO)c1ccc(OCc2cc(Br)cs2)c(Cl)c1. The summed E-state index contributed by atoms with van der Waals surface area (Å²) in [6.07, 6.45) is 0. The van der Waals surface area contributed by atoms with E-state index >= 15 is 0 Å². The number of ether oxygens (including phenoxy) is 1. The Morgan fingerprint density at radius 1 is 1.47 bits per heavy atom. The summed E-state index contributed by atoms with van der Waals surface area (Å²) in [6, 6.07) is 6.96. The van der Waals surface area contributed by atoms with E-state index in [0.29, 0.717) is 22.9 Å². The number of oxime groups is 1. The Morgan fingerprint density at radius 2 is 2.26 bits per heavy atom. The maximum absolute atomic E-state index is 8.59. The topological polar surface area (TPSA) is 67.8 Å². The van der Waals surface area contributed by atoms with Gasteiger partial charge >= 0.3 is 0 Å². The first kappa shape index (κ1) is 14.2. The van der Waals surface area contributed by atoms with Crippen LogP contribution in [-0.2, 0) is 6.61 Å². The number of hydrogen-bond acceptors (Lipinski definition) is 4. The fourth-order valence-corrected chi connectivity index (χ4v) is 3.01. The molecule has 0 saturated heterocycles. The number of nitrogens with two attached hydrogens (primary N) is 1. The standard InChI is InChI=1S/C12H10BrClN2O2S/c13-8-4-9(19-6-8)5-18-11-2-1-7(3-10(11)14)12(15)16-17/h1-4,6,17H,5H2,(H2,15,16). The smallest absolute Gasteiger partial charge is 0.170 e. The first-order chi connectivity index (χ1) is 9.10. The predicted molar refractivity (Wildman–Crippen MR) is 80.3 cm³/mol. The van der Waals surface area contributed by atoms with Crippen LogP contribution in [-0.4, -0.2) is 11.0 Å². The first-order valence-electron chi connectivity index (χ1n) is 5.23. The van der Waals surface area contributed by atoms with Gasteiger partial charge in [-0.25, -0.2) is 0 Å². The molecule has 0 saturated carbocycles. The highest BCUT2D eigenvalue weighted by atomic mass is 79.9. The van der Waals surface area contributed by atoms with E-state index in [2.05, 4.69) is 21.1 Å². The van der Waals surface area contributed by atoms with Crippen LogP contribution >= 0.6 is 38.9 Å². The average Bonchev–Trinajstić information content (AvgIpc) is 2.82. The molecule has 7 heteroatoms. The largest absolute Gasteiger partial charge is 0.487 e. The molecule has 0 amide bonds. The molecule has 0 atom stereocenters. The van der Waals surface area contributed by atoms with Gasteiger partial charge in [-0.1, -0.05) is 16.8 Å². The zero-order valence-corrected chi connectivity index (χ0v) is 12.8. The van der Waals surface area contributed by atoms with Crippen LogP contribution in [0.2, 0.25) is 5.02 Å². The second-order valence-corrected chi connectivity index (χ2v) is 5.97. The molecular formula is C12H10BrClN2O2S. The van der Waals surface area contributed by atoms with Gasteiger partial charge in [0.15, 0.2) is 5.84 Å². The summed E-state index contributed by atoms with van der Waals surface area (Å²) >= 11 is 11.1. The molecule has 1 aromatic carbocycles. The zero-order chi connectivity index (χ0) is 13.8. The van der Waals surface area contributed by atoms with Crippen molar-refractivity contribution in [3.8, 4) is 5.75 Å². The molecule has 3 N–H and O–H groups in total. The summed E-state index contributed by atoms with van der Waals surface area (Å²) in [4.78, 5) is 1.09. The van der Waals surface area contributed by atoms with Gasteiger partial charge in [0, 0.05) is 20.3 Å². The summed E-state index contributed by atoms with van der Waals surface area (Å²) in [5, 5.41) is 13.9. The maximum atomic E-state index is 8.59. The molecule has 100 valence electrons. The number of thiophene rings is 1. The third-order valence-corrected chi connectivity index (χ3v) is 4.29. The van der Waals surface area contributed by atoms with Crippen LogP contribution in [0.4, 0.5) is 0 Å². The number of rotatable bonds is 4. The van der Waals surface area contributed by atoms with Gasteiger partial charge in [0.25, 0.3) is 0 Å². The molecule has 2 rings (SSSR count). The maximum Gasteiger partial charge on any atom is 0.170 e. The van der Waals surface area contributed by atoms with Crippen molar-refractivity contribution in [1.29, 1.82) is 0 Å². The molecule has 1 heterocycles. The van der Waals surface area contributed by atoms with E-state index < -0.39 is 0 Å². The van der Waals surface area contributed by atoms with Gasteiger partial charge in [0.1, 0.15) is 12.4 Å². The number of nitrogens with zero attached hydrogens (tertiary/aromatic N) is 1. The second kappa shape index (κ2) is 6.27. The number of hydrogen-bond donors (Lipinski definition) is 2. The van der Waals surface area contributed by atoms with Crippen molar-refractivity contribution >= 4 is 44.7 Å². The minimum atomic E-state index is 0.00985. The molecule has 4 nitrogen and oxygen atoms in total. The van der Waals surface area contributed by atoms with Crippen molar-refractivity contribution < 1.29 is 9.94 Å². The third-order valence-electron chi connectivity index (χ3n) is 2.33. The van der Waals surface area contributed by atoms with E-state index in [-0.39, 0.29) is 5.84 Å². The molecule has 0 spiro atoms. The van der Waals surface area contributed by atoms with Crippen LogP contribution in [0, 0.1) is 0 Å². The molecule has 0 aliphatic heterocycles. The monoisotopic (exact) mass is 360 g/mol. The van der Waals surface area contributed by atoms with Gasteiger partial charge in [-0.15, -0.1) is 11.3 Å². The van der Waals surface area contributed by atoms with Gasteiger partial charge in [0.2, 0.25) is 0 Å². The lowest BCUT2D eigenvalue weighted by Crippen LogP contribution is -2.12. The zero-order valence-electron chi connectivity index (χ0n) is 9.64. The van der Waals surface area contributed by atoms with Crippen LogP contribution in [0.15, 0.2) is 39.3 Å². The highest BCUT2D eigenvalue weighted by Gasteiger charge is 2.07. The Hall–Kier alpha value is -1.24. The highest BCUT2D eigenvalue weighted by Crippen LogP contribution is 2.27. The lowest BCUT2D eigenvalue weighted by molar-refractivity contribution is 0.310. The lowest BCUT2D eigenvalue weighted by atomic mass is 10.2. The fourth-order valence-electron chi connectivity index (χ4n) is 1.41. The van der Waals surface area contributed by atoms with Crippen LogP contribution in [0.3, 0.4) is 0 Å². The van der Waals surface area contributed by atoms with E-state index in [0.717, 1.165) is 9.35 Å². The minimum absolute atomic E-state index is 0.00985. The molecule has 0 unspecified atom stereocenters. The highest BCUT2D eigenvalue weighted by molar-refractivity contribution is 9.10. The molecular weight excluding hydrogens is 352 g/mol. The molecule has 0 bridgehead atoms. The van der Waals surface area contributed by atoms with Crippen LogP contribution < -0.4 is 10.5 Å². The van der Waals surface area contributed by atoms with E-state index in [1.54, 1.807) is 29.5 Å². The van der Waals surface area contributed by atoms with Gasteiger partial charge in [-0.3, -0.25) is 0 Å². The fraction of sp³-hybridized carbons (Fsp3) is 0.0833. The summed E-state index contributed by atoms with van der Waals surface area (Å²) in [7, 11) is 0. The van der Waals surface area contributed by atoms with Gasteiger partial charge < -0.3 is 15.7 Å². The van der Waals surface area contributed by atoms with E-state index in [4.69, 9.17) is 27.3 Å². The van der Waals surface area contributed by atoms with Crippen molar-refractivity contribution in [2.24, 2.45) is 10.9 Å². The predicted octanol–water partition coefficient (Wildman–Crippen LogP) is 3.84. The summed E-state index contributed by atoms with van der Waals surface area (Å²) < 4.78 is 6.65. The van der Waals surface area contributed by atoms with E-state index in [9.17, 15) is 0 Å². The lowest BCUT2D eigenvalue weighted by Gasteiger charge is -2.08. The Bertz CT molecular complexity index is 616. The summed E-state index contributed by atoms with van der Waals surface area (Å²) in [6.45, 7) is 0.443. The van der Waals surface area contributed by atoms with Crippen molar-refractivity contribution in [2.45, 2.75) is 6.61 Å². The first-order valence-corrected chi connectivity index (χ1v) is 7.28. The quantitative estimate of drug-likeness (QED) is 0.376. The molecule has 19 heavy (non-hydrogen) atoms. The van der Waals surface area contributed by atoms with E-state index in [1.807, 2.05) is 11.4 Å². The van der Waals surface area contributed by atoms with Crippen LogP contribution in [0.5, 0.6) is 5.75 Å². The van der Waals surface area contributed by atoms with Gasteiger partial charge in [-0.2, -0.15) is 0 Å². The Labute approximate surface area is 127 Å². The Morgan fingerprint density at radius 3 is 2.84 bits per heavy atom. The summed E-state index contributed by atoms with van der Waals surface area (Å²) in [5.41, 5.74) is 6.02. The minimum Gasteiger partial charge on any atom is -0.487 e. The van der Waals surface area contributed by atoms with Gasteiger partial charge in [-0.05, 0) is 40.2 Å². The van der Waals surface area contributed by atoms with Crippen molar-refractivity contribution in [1.82, 2.24) is 0 Å². The normalized spacial score (nSPS) is 11.6. The second-order valence-electron chi connectivity index (χ2n) is 3.65. The third kappa shape index (κ3) is 3.62. The summed E-state index contributed by atoms with van der Waals surface area (Å²) in [5.74, 6) is 0.566. The Balaban J connectivity index is 2.09. The van der Waals surface area contributed by atoms with Gasteiger partial charge in [0.05, 0.1) is 5.02 Å². The molecule has 0 radical (unpaired) electrons. The molecule has 1 aromatic heterocycles. The van der Waals surface area contributed by atoms with Crippen molar-refractivity contribution in [2.75, 3.05) is 0 Å². The van der Waals surface area contributed by atoms with Crippen LogP contribution in [0.25, 0.3) is 0 Å². The van der Waals surface area contributed by atoms with Crippen LogP contribution in [0.1, 0.15) is 10.4 Å². The molecule has 0 aliphatic rings. The molecule has 0 aliphatic carbocycles. The molecule has 0 fully saturated rings. The van der Waals surface area contributed by atoms with E-state index in [1.165, 1.54) is 0 Å². The average molecular weight is 362 g/mol. The number of amidine groups is 1. The Kier molecular flexibility index (Phi) is 4.68. The van der Waals surface area contributed by atoms with Crippen molar-refractivity contribution in [3.05, 3.63) is 49.6 Å². The molecule has 2 aromatic rings. The number of halogens is 2. The van der Waals surface area contributed by atoms with Crippen molar-refractivity contribution in [3.63, 3.8) is 0 Å². The number of benzene rings is 1.